The van der Waals surface area contributed by atoms with E-state index in [-0.39, 0.29) is 33.6 Å². The van der Waals surface area contributed by atoms with Gasteiger partial charge in [-0.1, -0.05) is 0 Å². The van der Waals surface area contributed by atoms with Crippen molar-refractivity contribution in [3.05, 3.63) is 0 Å². The average molecular weight is 282 g/mol. The normalized spacial score (nSPS) is 7.00. The molecule has 10 heavy (non-hydrogen) atoms. The van der Waals surface area contributed by atoms with E-state index < -0.39 is 22.7 Å². The summed E-state index contributed by atoms with van der Waals surface area (Å²) in [6.07, 6.45) is 0. The van der Waals surface area contributed by atoms with Crippen LogP contribution in [0.15, 0.2) is 0 Å². The summed E-state index contributed by atoms with van der Waals surface area (Å²) in [5.74, 6) is 0. The molecule has 0 fully saturated rings. The van der Waals surface area contributed by atoms with Gasteiger partial charge < -0.3 is 18.2 Å². The Morgan fingerprint density at radius 2 is 0.800 bits per heavy atom. The monoisotopic (exact) mass is 281 g/mol. The van der Waals surface area contributed by atoms with Gasteiger partial charge in [-0.15, -0.1) is 22.7 Å². The van der Waals surface area contributed by atoms with E-state index in [0.717, 1.165) is 0 Å². The maximum atomic E-state index is 8.44. The van der Waals surface area contributed by atoms with Crippen molar-refractivity contribution in [3.8, 4) is 0 Å². The number of hydrogen-bond donors (Lipinski definition) is 0. The molecule has 0 unspecified atom stereocenters. The Hall–Kier alpha value is 1.15. The van der Waals surface area contributed by atoms with Crippen LogP contribution in [0.1, 0.15) is 0 Å². The average Bonchev–Trinajstić information content (AvgIpc) is 1.25. The molecule has 0 heterocycles. The van der Waals surface area contributed by atoms with Crippen molar-refractivity contribution in [2.75, 3.05) is 0 Å². The van der Waals surface area contributed by atoms with Gasteiger partial charge in [0.15, 0.2) is 0 Å². The van der Waals surface area contributed by atoms with Gasteiger partial charge in [-0.3, -0.25) is 8.42 Å². The second-order valence-corrected chi connectivity index (χ2v) is 1.22. The van der Waals surface area contributed by atoms with Gasteiger partial charge in [0.2, 0.25) is 0 Å². The van der Waals surface area contributed by atoms with E-state index in [1.54, 1.807) is 0 Å². The maximum Gasteiger partial charge on any atom is 2.00 e. The molecule has 0 bridgehead atoms. The van der Waals surface area contributed by atoms with Crippen molar-refractivity contribution in [1.29, 1.82) is 0 Å². The Morgan fingerprint density at radius 1 is 0.800 bits per heavy atom. The van der Waals surface area contributed by atoms with Crippen molar-refractivity contribution < 1.29 is 60.2 Å². The van der Waals surface area contributed by atoms with Gasteiger partial charge >= 0.3 is 33.6 Å². The fraction of sp³-hybridized carbons (Fsp3) is 0. The molecule has 6 nitrogen and oxygen atoms in total. The first-order valence-corrected chi connectivity index (χ1v) is 3.00. The third-order valence-electron chi connectivity index (χ3n) is 0. The Labute approximate surface area is 82.8 Å². The van der Waals surface area contributed by atoms with Crippen LogP contribution in [0.25, 0.3) is 0 Å². The predicted molar refractivity (Wildman–Crippen MR) is 19.4 cm³/mol. The van der Waals surface area contributed by atoms with Gasteiger partial charge in [-0.25, -0.2) is 0 Å². The van der Waals surface area contributed by atoms with E-state index in [9.17, 15) is 0 Å². The Kier molecular flexibility index (Phi) is 37.4. The van der Waals surface area contributed by atoms with Crippen LogP contribution in [0.5, 0.6) is 0 Å². The molecule has 0 aromatic carbocycles. The zero-order valence-electron chi connectivity index (χ0n) is 3.88. The summed E-state index contributed by atoms with van der Waals surface area (Å²) < 4.78 is 50.7. The zero-order valence-corrected chi connectivity index (χ0v) is 7.45. The quantitative estimate of drug-likeness (QED) is 0.373. The van der Waals surface area contributed by atoms with E-state index in [2.05, 4.69) is 0 Å². The molecule has 0 atom stereocenters. The molecule has 0 saturated carbocycles. The standard InChI is InChI=1S/Cu.Ni.2H2O3S/c;;2*1-4(2)3/h;;2*(H2,1,2,3)/q2*+2;;/p-4. The number of hydrogen-bond acceptors (Lipinski definition) is 6. The first-order chi connectivity index (χ1) is 3.46. The van der Waals surface area contributed by atoms with Gasteiger partial charge in [0.1, 0.15) is 0 Å². The molecule has 0 amide bonds. The topological polar surface area (TPSA) is 126 Å². The Bertz CT molecular complexity index is 73.7. The van der Waals surface area contributed by atoms with Gasteiger partial charge in [0.25, 0.3) is 0 Å². The summed E-state index contributed by atoms with van der Waals surface area (Å²) in [7, 11) is 0. The molecule has 1 radical (unpaired) electrons. The molecule has 0 aliphatic heterocycles. The minimum atomic E-state index is -3.11. The third kappa shape index (κ3) is 458. The van der Waals surface area contributed by atoms with E-state index in [0.29, 0.717) is 0 Å². The van der Waals surface area contributed by atoms with Crippen molar-refractivity contribution in [2.45, 2.75) is 0 Å². The van der Waals surface area contributed by atoms with E-state index in [4.69, 9.17) is 26.6 Å². The van der Waals surface area contributed by atoms with Crippen LogP contribution in [-0.4, -0.2) is 26.6 Å². The van der Waals surface area contributed by atoms with Crippen molar-refractivity contribution in [3.63, 3.8) is 0 Å². The second-order valence-electron chi connectivity index (χ2n) is 0.408. The molecule has 0 saturated heterocycles. The molecule has 0 spiro atoms. The van der Waals surface area contributed by atoms with Gasteiger partial charge in [-0.2, -0.15) is 0 Å². The van der Waals surface area contributed by atoms with Crippen LogP contribution in [0.3, 0.4) is 0 Å². The molecule has 69 valence electrons. The van der Waals surface area contributed by atoms with Gasteiger partial charge in [0, 0.05) is 0 Å². The first kappa shape index (κ1) is 22.5. The summed E-state index contributed by atoms with van der Waals surface area (Å²) in [6, 6.07) is 0. The molecule has 0 N–H and O–H groups in total. The third-order valence-corrected chi connectivity index (χ3v) is 0. The zero-order chi connectivity index (χ0) is 7.15. The van der Waals surface area contributed by atoms with Crippen molar-refractivity contribution in [1.82, 2.24) is 0 Å². The fourth-order valence-corrected chi connectivity index (χ4v) is 0. The van der Waals surface area contributed by atoms with E-state index in [1.807, 2.05) is 0 Å². The predicted octanol–water partition coefficient (Wildman–Crippen LogP) is -2.01. The first-order valence-electron chi connectivity index (χ1n) is 1.00. The summed E-state index contributed by atoms with van der Waals surface area (Å²) in [6.45, 7) is 0. The molecule has 10 heteroatoms. The van der Waals surface area contributed by atoms with Crippen LogP contribution in [0.4, 0.5) is 0 Å². The Morgan fingerprint density at radius 3 is 0.800 bits per heavy atom. The molecule has 0 aliphatic carbocycles. The molecular formula is CuNiO6S2. The van der Waals surface area contributed by atoms with E-state index >= 15 is 0 Å². The van der Waals surface area contributed by atoms with Crippen LogP contribution >= 0.6 is 0 Å². The molecular weight excluding hydrogens is 282 g/mol. The van der Waals surface area contributed by atoms with Crippen LogP contribution < -0.4 is 0 Å². The molecule has 0 aromatic rings. The van der Waals surface area contributed by atoms with Crippen molar-refractivity contribution >= 4 is 22.7 Å². The van der Waals surface area contributed by atoms with Crippen LogP contribution in [0, 0.1) is 0 Å². The molecule has 0 aromatic heterocycles. The van der Waals surface area contributed by atoms with E-state index in [1.165, 1.54) is 0 Å². The summed E-state index contributed by atoms with van der Waals surface area (Å²) in [5, 5.41) is 0. The molecule has 0 aliphatic rings. The van der Waals surface area contributed by atoms with Gasteiger partial charge in [-0.05, 0) is 0 Å². The summed E-state index contributed by atoms with van der Waals surface area (Å²) >= 11 is -6.22. The minimum absolute atomic E-state index is 0. The SMILES string of the molecule is O=S([O-])[O-].O=S([O-])[O-].[Cu+2].[Ni+2]. The summed E-state index contributed by atoms with van der Waals surface area (Å²) in [4.78, 5) is 0. The molecule has 0 rings (SSSR count). The largest absolute Gasteiger partial charge is 2.00 e. The van der Waals surface area contributed by atoms with Crippen LogP contribution in [0.2, 0.25) is 0 Å². The smallest absolute Gasteiger partial charge is 0.784 e. The fourth-order valence-electron chi connectivity index (χ4n) is 0. The number of rotatable bonds is 0. The summed E-state index contributed by atoms with van der Waals surface area (Å²) in [5.41, 5.74) is 0. The van der Waals surface area contributed by atoms with Crippen LogP contribution in [-0.2, 0) is 56.3 Å². The maximum absolute atomic E-state index is 8.44. The van der Waals surface area contributed by atoms with Crippen molar-refractivity contribution in [2.24, 2.45) is 0 Å². The minimum Gasteiger partial charge on any atom is -0.784 e. The second kappa shape index (κ2) is 16.6. The Balaban J connectivity index is -0.0000000300. The van der Waals surface area contributed by atoms with Gasteiger partial charge in [0.05, 0.1) is 0 Å².